The number of nitrogens with one attached hydrogen (secondary N) is 1. The number of rotatable bonds is 9. The van der Waals surface area contributed by atoms with E-state index >= 15 is 0 Å². The normalized spacial score (nSPS) is 14.4. The Bertz CT molecular complexity index is 2930. The Morgan fingerprint density at radius 3 is 1.60 bits per heavy atom. The first-order valence-electron chi connectivity index (χ1n) is 18.4. The van der Waals surface area contributed by atoms with Crippen LogP contribution >= 0.6 is 0 Å². The van der Waals surface area contributed by atoms with Crippen LogP contribution in [0.1, 0.15) is 72.8 Å². The van der Waals surface area contributed by atoms with E-state index in [1.165, 1.54) is 36.4 Å². The zero-order valence-corrected chi connectivity index (χ0v) is 38.0. The lowest BCUT2D eigenvalue weighted by Crippen LogP contribution is -2.35. The van der Waals surface area contributed by atoms with E-state index < -0.39 is 68.8 Å². The van der Waals surface area contributed by atoms with E-state index in [0.717, 1.165) is 12.5 Å². The number of hydrogen-bond donors (Lipinski definition) is 1. The van der Waals surface area contributed by atoms with Crippen molar-refractivity contribution in [1.29, 1.82) is 0 Å². The second-order valence-electron chi connectivity index (χ2n) is 16.0. The molecular weight excluding hydrogens is 851 g/mol. The van der Waals surface area contributed by atoms with E-state index in [1.54, 1.807) is 55.5 Å². The van der Waals surface area contributed by atoms with Gasteiger partial charge in [0.05, 0.1) is 66.0 Å². The fraction of sp³-hybridized carbons (Fsp3) is 0.310. The van der Waals surface area contributed by atoms with Gasteiger partial charge in [-0.2, -0.15) is 4.40 Å². The van der Waals surface area contributed by atoms with Crippen LogP contribution in [0.2, 0.25) is 0 Å². The van der Waals surface area contributed by atoms with Crippen molar-refractivity contribution in [2.45, 2.75) is 81.0 Å². The Morgan fingerprint density at radius 2 is 1.13 bits per heavy atom. The summed E-state index contributed by atoms with van der Waals surface area (Å²) in [5.41, 5.74) is 4.24. The van der Waals surface area contributed by atoms with E-state index in [0.29, 0.717) is 61.4 Å². The van der Waals surface area contributed by atoms with Crippen molar-refractivity contribution in [3.05, 3.63) is 108 Å². The monoisotopic (exact) mass is 896 g/mol. The molecule has 6 aromatic rings. The number of sulfone groups is 2. The second-order valence-corrected chi connectivity index (χ2v) is 23.8. The molecule has 6 rings (SSSR count). The third-order valence-electron chi connectivity index (χ3n) is 8.68. The van der Waals surface area contributed by atoms with Crippen LogP contribution in [-0.2, 0) is 41.6 Å². The summed E-state index contributed by atoms with van der Waals surface area (Å²) in [5.74, 6) is -0.819. The van der Waals surface area contributed by atoms with Gasteiger partial charge in [-0.1, -0.05) is 12.1 Å². The van der Waals surface area contributed by atoms with E-state index in [4.69, 9.17) is 0 Å². The van der Waals surface area contributed by atoms with Gasteiger partial charge in [0, 0.05) is 34.4 Å². The van der Waals surface area contributed by atoms with Crippen molar-refractivity contribution in [2.24, 2.45) is 4.40 Å². The van der Waals surface area contributed by atoms with Crippen molar-refractivity contribution in [3.63, 3.8) is 0 Å². The van der Waals surface area contributed by atoms with E-state index in [-0.39, 0.29) is 10.1 Å². The van der Waals surface area contributed by atoms with Crippen molar-refractivity contribution >= 4 is 69.2 Å². The van der Waals surface area contributed by atoms with Gasteiger partial charge < -0.3 is 0 Å². The number of halogens is 2. The molecule has 18 heteroatoms. The van der Waals surface area contributed by atoms with Crippen LogP contribution in [0.15, 0.2) is 99.4 Å². The minimum atomic E-state index is -3.52. The average Bonchev–Trinajstić information content (AvgIpc) is 3.15. The number of fused-ring (bicyclic) bond motifs is 2. The molecule has 0 bridgehead atoms. The number of aromatic nitrogens is 4. The smallest absolute Gasteiger partial charge is 0.192 e. The number of benzene rings is 2. The summed E-state index contributed by atoms with van der Waals surface area (Å²) >= 11 is 0. The summed E-state index contributed by atoms with van der Waals surface area (Å²) in [6.45, 7) is 14.5. The highest BCUT2D eigenvalue weighted by Crippen LogP contribution is 2.32. The topological polar surface area (TPSA) is 178 Å². The van der Waals surface area contributed by atoms with Crippen molar-refractivity contribution in [3.8, 4) is 22.5 Å². The molecule has 2 aromatic carbocycles. The molecule has 0 aliphatic heterocycles. The molecule has 4 aromatic heterocycles. The molecule has 0 saturated carbocycles. The van der Waals surface area contributed by atoms with Crippen LogP contribution in [0.5, 0.6) is 0 Å². The number of hydrogen-bond acceptors (Lipinski definition) is 10. The van der Waals surface area contributed by atoms with Crippen LogP contribution in [0.4, 0.5) is 8.78 Å². The first-order valence-corrected chi connectivity index (χ1v) is 24.5. The Hall–Kier alpha value is -4.75. The molecule has 0 aliphatic rings. The second kappa shape index (κ2) is 17.7. The van der Waals surface area contributed by atoms with Gasteiger partial charge in [-0.15, -0.1) is 0 Å². The van der Waals surface area contributed by atoms with E-state index in [1.807, 2.05) is 48.5 Å². The molecule has 1 N–H and O–H groups in total. The fourth-order valence-corrected chi connectivity index (χ4v) is 8.13. The van der Waals surface area contributed by atoms with Crippen LogP contribution < -0.4 is 4.72 Å². The van der Waals surface area contributed by atoms with Crippen molar-refractivity contribution in [1.82, 2.24) is 24.7 Å². The lowest BCUT2D eigenvalue weighted by atomic mass is 10.0. The molecule has 12 nitrogen and oxygen atoms in total. The molecule has 0 radical (unpaired) electrons. The maximum absolute atomic E-state index is 13.8. The summed E-state index contributed by atoms with van der Waals surface area (Å²) in [7, 11) is -9.91. The Labute approximate surface area is 354 Å². The highest BCUT2D eigenvalue weighted by Gasteiger charge is 2.26. The first-order chi connectivity index (χ1) is 27.7. The van der Waals surface area contributed by atoms with E-state index in [2.05, 4.69) is 29.1 Å². The van der Waals surface area contributed by atoms with Gasteiger partial charge in [0.25, 0.3) is 0 Å². The van der Waals surface area contributed by atoms with Gasteiger partial charge in [0.2, 0.25) is 0 Å². The predicted molar refractivity (Wildman–Crippen MR) is 236 cm³/mol. The molecule has 0 spiro atoms. The lowest BCUT2D eigenvalue weighted by molar-refractivity contribution is 0.596. The average molecular weight is 897 g/mol. The maximum Gasteiger partial charge on any atom is 0.192 e. The molecule has 4 heterocycles. The fourth-order valence-electron chi connectivity index (χ4n) is 5.56. The summed E-state index contributed by atoms with van der Waals surface area (Å²) in [6, 6.07) is 20.8. The SMILES string of the molecule is CC(=N[S@](=O)C(C)(C)C)c1nc2ccc(F)cc2cc1-c1cccc(S(C)(=O)=O)n1.C[C@H](N[S@](=O)C(C)(C)C)c1nc2ccc(F)cc2cc1-c1cccc(S(C)(=O)=O)n1. The van der Waals surface area contributed by atoms with Crippen LogP contribution in [0, 0.1) is 11.6 Å². The third-order valence-corrected chi connectivity index (χ3v) is 13.8. The standard InChI is InChI=1S/C21H24FN3O3S2.C21H22FN3O3S2/c2*1-13(25-29(26)21(2,3)4)20-16(12-14-11-15(22)9-10-17(14)24-20)18-7-6-8-19(23-18)30(5,27)28/h6-13,25H,1-5H3;6-12H,1-5H3/t13-,29+;29-/m01/s1. The van der Waals surface area contributed by atoms with Gasteiger partial charge in [-0.25, -0.2) is 53.7 Å². The summed E-state index contributed by atoms with van der Waals surface area (Å²) in [4.78, 5) is 17.8. The first kappa shape index (κ1) is 46.3. The summed E-state index contributed by atoms with van der Waals surface area (Å²) in [6.07, 6.45) is 2.16. The van der Waals surface area contributed by atoms with Crippen LogP contribution in [-0.4, -0.2) is 72.9 Å². The Morgan fingerprint density at radius 1 is 0.667 bits per heavy atom. The number of pyridine rings is 4. The lowest BCUT2D eigenvalue weighted by Gasteiger charge is -2.23. The molecule has 0 unspecified atom stereocenters. The van der Waals surface area contributed by atoms with Gasteiger partial charge in [0.1, 0.15) is 22.6 Å². The minimum absolute atomic E-state index is 0.0656. The van der Waals surface area contributed by atoms with Gasteiger partial charge in [-0.3, -0.25) is 4.98 Å². The molecule has 60 heavy (non-hydrogen) atoms. The Kier molecular flexibility index (Phi) is 13.7. The molecule has 318 valence electrons. The van der Waals surface area contributed by atoms with E-state index in [9.17, 15) is 34.0 Å². The zero-order chi connectivity index (χ0) is 44.5. The van der Waals surface area contributed by atoms with Crippen molar-refractivity contribution < 1.29 is 34.0 Å². The molecule has 3 atom stereocenters. The van der Waals surface area contributed by atoms with Crippen LogP contribution in [0.3, 0.4) is 0 Å². The van der Waals surface area contributed by atoms with Gasteiger partial charge >= 0.3 is 0 Å². The molecule has 0 amide bonds. The predicted octanol–water partition coefficient (Wildman–Crippen LogP) is 8.06. The zero-order valence-electron chi connectivity index (χ0n) is 34.7. The third kappa shape index (κ3) is 11.3. The quantitative estimate of drug-likeness (QED) is 0.140. The molecule has 0 saturated heterocycles. The molecule has 0 aliphatic carbocycles. The van der Waals surface area contributed by atoms with Crippen molar-refractivity contribution in [2.75, 3.05) is 12.5 Å². The largest absolute Gasteiger partial charge is 0.250 e. The highest BCUT2D eigenvalue weighted by molar-refractivity contribution is 7.91. The van der Waals surface area contributed by atoms with Gasteiger partial charge in [-0.05, 0) is 128 Å². The summed E-state index contributed by atoms with van der Waals surface area (Å²) in [5, 5.41) is 0.942. The Balaban J connectivity index is 0.000000228. The number of nitrogens with zero attached hydrogens (tertiary/aromatic N) is 5. The summed E-state index contributed by atoms with van der Waals surface area (Å²) < 4.78 is 107. The maximum atomic E-state index is 13.8. The molecule has 0 fully saturated rings. The van der Waals surface area contributed by atoms with Crippen LogP contribution in [0.25, 0.3) is 44.3 Å². The molecular formula is C42H46F2N6O6S4. The van der Waals surface area contributed by atoms with Gasteiger partial charge in [0.15, 0.2) is 29.7 Å². The highest BCUT2D eigenvalue weighted by atomic mass is 32.2. The minimum Gasteiger partial charge on any atom is -0.250 e.